The summed E-state index contributed by atoms with van der Waals surface area (Å²) in [4.78, 5) is 7.93. The lowest BCUT2D eigenvalue weighted by molar-refractivity contribution is 0.145. The Hall–Kier alpha value is -1.17. The maximum atomic E-state index is 12.5. The molecule has 0 aliphatic carbocycles. The molecule has 0 saturated carbocycles. The van der Waals surface area contributed by atoms with E-state index in [2.05, 4.69) is 9.88 Å². The van der Waals surface area contributed by atoms with E-state index in [0.29, 0.717) is 6.01 Å². The van der Waals surface area contributed by atoms with Crippen LogP contribution in [0.3, 0.4) is 0 Å². The minimum Gasteiger partial charge on any atom is -0.428 e. The zero-order valence-electron chi connectivity index (χ0n) is 9.41. The molecule has 0 atom stereocenters. The predicted molar refractivity (Wildman–Crippen MR) is 55.9 cm³/mol. The summed E-state index contributed by atoms with van der Waals surface area (Å²) in [5.74, 6) is 0.212. The van der Waals surface area contributed by atoms with Gasteiger partial charge in [0.1, 0.15) is 11.5 Å². The first kappa shape index (κ1) is 11.3. The van der Waals surface area contributed by atoms with Gasteiger partial charge in [0.25, 0.3) is 12.4 Å². The fourth-order valence-corrected chi connectivity index (χ4v) is 1.73. The molecule has 1 aromatic rings. The molecule has 16 heavy (non-hydrogen) atoms. The zero-order valence-corrected chi connectivity index (χ0v) is 9.41. The Morgan fingerprint density at radius 3 is 2.38 bits per heavy atom. The highest BCUT2D eigenvalue weighted by atomic mass is 19.3. The molecule has 2 rings (SSSR count). The van der Waals surface area contributed by atoms with E-state index >= 15 is 0 Å². The summed E-state index contributed by atoms with van der Waals surface area (Å²) < 4.78 is 30.3. The number of nitrogens with zero attached hydrogens (tertiary/aromatic N) is 3. The van der Waals surface area contributed by atoms with Gasteiger partial charge < -0.3 is 14.2 Å². The van der Waals surface area contributed by atoms with Crippen LogP contribution in [0.1, 0.15) is 17.9 Å². The zero-order chi connectivity index (χ0) is 11.7. The molecule has 1 aliphatic heterocycles. The van der Waals surface area contributed by atoms with Gasteiger partial charge >= 0.3 is 0 Å². The number of rotatable bonds is 2. The molecule has 0 amide bonds. The lowest BCUT2D eigenvalue weighted by Crippen LogP contribution is -2.44. The molecule has 1 saturated heterocycles. The van der Waals surface area contributed by atoms with Gasteiger partial charge in [-0.1, -0.05) is 0 Å². The predicted octanol–water partition coefficient (Wildman–Crippen LogP) is 1.67. The number of anilines is 1. The molecule has 0 unspecified atom stereocenters. The average Bonchev–Trinajstić information content (AvgIpc) is 2.61. The molecule has 90 valence electrons. The summed E-state index contributed by atoms with van der Waals surface area (Å²) in [5.41, 5.74) is -0.242. The van der Waals surface area contributed by atoms with Crippen LogP contribution >= 0.6 is 0 Å². The van der Waals surface area contributed by atoms with E-state index in [1.54, 1.807) is 0 Å². The smallest absolute Gasteiger partial charge is 0.297 e. The van der Waals surface area contributed by atoms with Crippen LogP contribution < -0.4 is 4.90 Å². The number of piperazine rings is 1. The molecule has 0 aromatic carbocycles. The van der Waals surface area contributed by atoms with Crippen molar-refractivity contribution in [3.8, 4) is 0 Å². The Morgan fingerprint density at radius 1 is 1.25 bits per heavy atom. The van der Waals surface area contributed by atoms with Crippen molar-refractivity contribution >= 4 is 6.01 Å². The Bertz CT molecular complexity index is 359. The number of hydrogen-bond acceptors (Lipinski definition) is 4. The van der Waals surface area contributed by atoms with Crippen LogP contribution in [0.15, 0.2) is 4.42 Å². The van der Waals surface area contributed by atoms with Crippen molar-refractivity contribution in [1.82, 2.24) is 9.88 Å². The maximum Gasteiger partial charge on any atom is 0.297 e. The van der Waals surface area contributed by atoms with E-state index in [9.17, 15) is 8.78 Å². The minimum absolute atomic E-state index is 0.212. The van der Waals surface area contributed by atoms with E-state index in [1.807, 2.05) is 11.9 Å². The molecule has 0 N–H and O–H groups in total. The molecule has 0 bridgehead atoms. The molecule has 1 aliphatic rings. The van der Waals surface area contributed by atoms with Gasteiger partial charge in [0, 0.05) is 26.2 Å². The van der Waals surface area contributed by atoms with Crippen LogP contribution in [0.4, 0.5) is 14.8 Å². The Labute approximate surface area is 92.8 Å². The maximum absolute atomic E-state index is 12.5. The van der Waals surface area contributed by atoms with Gasteiger partial charge in [0.05, 0.1) is 0 Å². The average molecular weight is 231 g/mol. The largest absolute Gasteiger partial charge is 0.428 e. The molecule has 4 nitrogen and oxygen atoms in total. The Morgan fingerprint density at radius 2 is 1.88 bits per heavy atom. The SMILES string of the molecule is Cc1oc(N2CCN(C)CC2)nc1C(F)F. The van der Waals surface area contributed by atoms with Gasteiger partial charge in [0.2, 0.25) is 0 Å². The number of oxazole rings is 1. The summed E-state index contributed by atoms with van der Waals surface area (Å²) in [6.07, 6.45) is -2.56. The van der Waals surface area contributed by atoms with E-state index in [0.717, 1.165) is 26.2 Å². The van der Waals surface area contributed by atoms with Crippen molar-refractivity contribution in [3.63, 3.8) is 0 Å². The minimum atomic E-state index is -2.56. The third-order valence-electron chi connectivity index (χ3n) is 2.80. The monoisotopic (exact) mass is 231 g/mol. The van der Waals surface area contributed by atoms with Crippen LogP contribution in [-0.2, 0) is 0 Å². The second kappa shape index (κ2) is 4.37. The second-order valence-electron chi connectivity index (χ2n) is 4.03. The van der Waals surface area contributed by atoms with Crippen LogP contribution in [0.25, 0.3) is 0 Å². The first-order chi connectivity index (χ1) is 7.58. The van der Waals surface area contributed by atoms with Crippen molar-refractivity contribution in [3.05, 3.63) is 11.5 Å². The van der Waals surface area contributed by atoms with Crippen molar-refractivity contribution in [2.45, 2.75) is 13.3 Å². The first-order valence-corrected chi connectivity index (χ1v) is 5.27. The molecule has 0 radical (unpaired) electrons. The van der Waals surface area contributed by atoms with Gasteiger partial charge in [-0.15, -0.1) is 0 Å². The third-order valence-corrected chi connectivity index (χ3v) is 2.80. The highest BCUT2D eigenvalue weighted by Crippen LogP contribution is 2.26. The standard InChI is InChI=1S/C10H15F2N3O/c1-7-8(9(11)12)13-10(16-7)15-5-3-14(2)4-6-15/h9H,3-6H2,1-2H3. The van der Waals surface area contributed by atoms with Gasteiger partial charge in [-0.25, -0.2) is 8.78 Å². The lowest BCUT2D eigenvalue weighted by atomic mass is 10.3. The van der Waals surface area contributed by atoms with Crippen LogP contribution in [0.5, 0.6) is 0 Å². The van der Waals surface area contributed by atoms with Gasteiger partial charge in [-0.3, -0.25) is 0 Å². The van der Waals surface area contributed by atoms with E-state index in [4.69, 9.17) is 4.42 Å². The molecular formula is C10H15F2N3O. The number of hydrogen-bond donors (Lipinski definition) is 0. The van der Waals surface area contributed by atoms with Crippen molar-refractivity contribution in [2.24, 2.45) is 0 Å². The summed E-state index contributed by atoms with van der Waals surface area (Å²) in [6, 6.07) is 0.320. The molecule has 0 spiro atoms. The van der Waals surface area contributed by atoms with E-state index < -0.39 is 6.43 Å². The normalized spacial score (nSPS) is 18.4. The molecule has 1 fully saturated rings. The second-order valence-corrected chi connectivity index (χ2v) is 4.03. The lowest BCUT2D eigenvalue weighted by Gasteiger charge is -2.31. The van der Waals surface area contributed by atoms with E-state index in [-0.39, 0.29) is 11.5 Å². The van der Waals surface area contributed by atoms with Crippen molar-refractivity contribution in [1.29, 1.82) is 0 Å². The van der Waals surface area contributed by atoms with Crippen LogP contribution in [0.2, 0.25) is 0 Å². The summed E-state index contributed by atoms with van der Waals surface area (Å²) in [5, 5.41) is 0. The number of halogens is 2. The highest BCUT2D eigenvalue weighted by molar-refractivity contribution is 5.30. The first-order valence-electron chi connectivity index (χ1n) is 5.27. The fraction of sp³-hybridized carbons (Fsp3) is 0.700. The third kappa shape index (κ3) is 2.16. The Kier molecular flexibility index (Phi) is 3.09. The summed E-state index contributed by atoms with van der Waals surface area (Å²) >= 11 is 0. The molecule has 2 heterocycles. The molecular weight excluding hydrogens is 216 g/mol. The topological polar surface area (TPSA) is 32.5 Å². The van der Waals surface area contributed by atoms with Gasteiger partial charge in [0.15, 0.2) is 0 Å². The fourth-order valence-electron chi connectivity index (χ4n) is 1.73. The number of alkyl halides is 2. The number of aryl methyl sites for hydroxylation is 1. The highest BCUT2D eigenvalue weighted by Gasteiger charge is 2.23. The van der Waals surface area contributed by atoms with Gasteiger partial charge in [-0.2, -0.15) is 4.98 Å². The molecule has 6 heteroatoms. The van der Waals surface area contributed by atoms with E-state index in [1.165, 1.54) is 6.92 Å². The number of likely N-dealkylation sites (N-methyl/N-ethyl adjacent to an activating group) is 1. The van der Waals surface area contributed by atoms with Crippen molar-refractivity contribution < 1.29 is 13.2 Å². The number of aromatic nitrogens is 1. The summed E-state index contributed by atoms with van der Waals surface area (Å²) in [6.45, 7) is 4.84. The molecule has 1 aromatic heterocycles. The summed E-state index contributed by atoms with van der Waals surface area (Å²) in [7, 11) is 2.03. The van der Waals surface area contributed by atoms with Crippen LogP contribution in [-0.4, -0.2) is 43.1 Å². The quantitative estimate of drug-likeness (QED) is 0.775. The van der Waals surface area contributed by atoms with Gasteiger partial charge in [-0.05, 0) is 14.0 Å². The van der Waals surface area contributed by atoms with Crippen molar-refractivity contribution in [2.75, 3.05) is 38.1 Å². The Balaban J connectivity index is 2.12. The van der Waals surface area contributed by atoms with Crippen LogP contribution in [0, 0.1) is 6.92 Å².